The summed E-state index contributed by atoms with van der Waals surface area (Å²) >= 11 is 0. The van der Waals surface area contributed by atoms with E-state index < -0.39 is 5.97 Å². The lowest BCUT2D eigenvalue weighted by atomic mass is 10.1. The molecule has 0 spiro atoms. The Morgan fingerprint density at radius 2 is 2.17 bits per heavy atom. The molecule has 0 aromatic heterocycles. The Kier molecular flexibility index (Phi) is 5.17. The molecule has 0 aliphatic heterocycles. The molecule has 1 N–H and O–H groups in total. The third-order valence-electron chi connectivity index (χ3n) is 2.53. The Labute approximate surface area is 107 Å². The van der Waals surface area contributed by atoms with Crippen LogP contribution in [0.5, 0.6) is 5.75 Å². The summed E-state index contributed by atoms with van der Waals surface area (Å²) in [5.41, 5.74) is 1.13. The Bertz CT molecular complexity index is 432. The summed E-state index contributed by atoms with van der Waals surface area (Å²) in [4.78, 5) is 13.2. The number of hydrogen-bond donors (Lipinski definition) is 1. The molecule has 5 nitrogen and oxygen atoms in total. The second-order valence-electron chi connectivity index (χ2n) is 3.70. The first-order valence-electron chi connectivity index (χ1n) is 5.71. The smallest absolute Gasteiger partial charge is 0.337 e. The van der Waals surface area contributed by atoms with E-state index in [9.17, 15) is 4.79 Å². The zero-order valence-electron chi connectivity index (χ0n) is 10.9. The van der Waals surface area contributed by atoms with Crippen molar-refractivity contribution >= 4 is 18.0 Å². The molecular formula is C13H18N2O3. The number of hydrogen-bond acceptors (Lipinski definition) is 4. The molecule has 0 heterocycles. The third-order valence-corrected chi connectivity index (χ3v) is 2.53. The predicted octanol–water partition coefficient (Wildman–Crippen LogP) is 2.31. The summed E-state index contributed by atoms with van der Waals surface area (Å²) in [6.07, 6.45) is 2.11. The maximum absolute atomic E-state index is 11.5. The van der Waals surface area contributed by atoms with Crippen molar-refractivity contribution in [3.8, 4) is 5.75 Å². The molecule has 98 valence electrons. The van der Waals surface area contributed by atoms with Crippen LogP contribution >= 0.6 is 0 Å². The van der Waals surface area contributed by atoms with Crippen LogP contribution < -0.4 is 9.64 Å². The number of nitrogens with zero attached hydrogens (tertiary/aromatic N) is 1. The molecule has 0 radical (unpaired) electrons. The van der Waals surface area contributed by atoms with Crippen LogP contribution in [0.1, 0.15) is 23.7 Å². The van der Waals surface area contributed by atoms with Gasteiger partial charge in [-0.25, -0.2) is 4.79 Å². The van der Waals surface area contributed by atoms with Gasteiger partial charge in [-0.05, 0) is 24.6 Å². The standard InChI is InChI=1S/C13H18N2O3/c1-4-7-15(9-14)11-8-10(13(16)18-3)5-6-12(11)17-2/h5-6,8-9,14H,4,7H2,1-3H3. The summed E-state index contributed by atoms with van der Waals surface area (Å²) in [5.74, 6) is 0.222. The number of ether oxygens (including phenoxy) is 2. The van der Waals surface area contributed by atoms with Crippen LogP contribution in [0.4, 0.5) is 5.69 Å². The summed E-state index contributed by atoms with van der Waals surface area (Å²) in [6.45, 7) is 2.71. The largest absolute Gasteiger partial charge is 0.495 e. The van der Waals surface area contributed by atoms with Gasteiger partial charge < -0.3 is 14.4 Å². The van der Waals surface area contributed by atoms with Gasteiger partial charge in [0, 0.05) is 6.54 Å². The van der Waals surface area contributed by atoms with Crippen molar-refractivity contribution in [3.63, 3.8) is 0 Å². The lowest BCUT2D eigenvalue weighted by Crippen LogP contribution is -2.22. The molecule has 5 heteroatoms. The van der Waals surface area contributed by atoms with E-state index >= 15 is 0 Å². The molecule has 0 saturated carbocycles. The minimum atomic E-state index is -0.402. The maximum atomic E-state index is 11.5. The number of carbonyl (C=O) groups excluding carboxylic acids is 1. The van der Waals surface area contributed by atoms with Gasteiger partial charge in [-0.2, -0.15) is 0 Å². The topological polar surface area (TPSA) is 62.6 Å². The monoisotopic (exact) mass is 250 g/mol. The van der Waals surface area contributed by atoms with Gasteiger partial charge in [0.25, 0.3) is 0 Å². The van der Waals surface area contributed by atoms with Crippen LogP contribution in [-0.4, -0.2) is 33.1 Å². The molecule has 0 bridgehead atoms. The van der Waals surface area contributed by atoms with Gasteiger partial charge in [0.05, 0.1) is 31.8 Å². The number of nitrogens with one attached hydrogen (secondary N) is 1. The van der Waals surface area contributed by atoms with Crippen LogP contribution in [0.3, 0.4) is 0 Å². The fourth-order valence-corrected chi connectivity index (χ4v) is 1.65. The fraction of sp³-hybridized carbons (Fsp3) is 0.385. The maximum Gasteiger partial charge on any atom is 0.337 e. The van der Waals surface area contributed by atoms with Crippen molar-refractivity contribution in [3.05, 3.63) is 23.8 Å². The van der Waals surface area contributed by atoms with Crippen LogP contribution in [-0.2, 0) is 4.74 Å². The van der Waals surface area contributed by atoms with Crippen molar-refractivity contribution in [1.82, 2.24) is 0 Å². The molecule has 0 unspecified atom stereocenters. The van der Waals surface area contributed by atoms with Crippen molar-refractivity contribution in [1.29, 1.82) is 5.41 Å². The number of esters is 1. The molecule has 18 heavy (non-hydrogen) atoms. The van der Waals surface area contributed by atoms with Crippen molar-refractivity contribution in [2.45, 2.75) is 13.3 Å². The highest BCUT2D eigenvalue weighted by Gasteiger charge is 2.14. The number of anilines is 1. The Morgan fingerprint density at radius 3 is 2.67 bits per heavy atom. The van der Waals surface area contributed by atoms with E-state index in [1.807, 2.05) is 6.92 Å². The average molecular weight is 250 g/mol. The lowest BCUT2D eigenvalue weighted by Gasteiger charge is -2.21. The van der Waals surface area contributed by atoms with Crippen molar-refractivity contribution in [2.24, 2.45) is 0 Å². The highest BCUT2D eigenvalue weighted by molar-refractivity contribution is 5.92. The fourth-order valence-electron chi connectivity index (χ4n) is 1.65. The van der Waals surface area contributed by atoms with Gasteiger partial charge in [0.2, 0.25) is 0 Å². The van der Waals surface area contributed by atoms with E-state index in [1.165, 1.54) is 13.4 Å². The summed E-state index contributed by atoms with van der Waals surface area (Å²) in [7, 11) is 2.90. The minimum Gasteiger partial charge on any atom is -0.495 e. The van der Waals surface area contributed by atoms with Crippen LogP contribution in [0.15, 0.2) is 18.2 Å². The van der Waals surface area contributed by atoms with Gasteiger partial charge in [-0.3, -0.25) is 5.41 Å². The molecule has 1 aromatic rings. The second kappa shape index (κ2) is 6.64. The molecular weight excluding hydrogens is 232 g/mol. The van der Waals surface area contributed by atoms with E-state index in [4.69, 9.17) is 10.1 Å². The third kappa shape index (κ3) is 3.00. The van der Waals surface area contributed by atoms with Gasteiger partial charge in [0.1, 0.15) is 5.75 Å². The lowest BCUT2D eigenvalue weighted by molar-refractivity contribution is 0.0601. The van der Waals surface area contributed by atoms with E-state index in [0.29, 0.717) is 23.5 Å². The molecule has 0 aliphatic rings. The summed E-state index contributed by atoms with van der Waals surface area (Å²) in [6, 6.07) is 5.02. The van der Waals surface area contributed by atoms with Crippen LogP contribution in [0.25, 0.3) is 0 Å². The molecule has 0 fully saturated rings. The molecule has 0 aliphatic carbocycles. The van der Waals surface area contributed by atoms with Gasteiger partial charge >= 0.3 is 5.97 Å². The number of carbonyl (C=O) groups is 1. The first-order chi connectivity index (χ1) is 8.67. The van der Waals surface area contributed by atoms with Crippen LogP contribution in [0, 0.1) is 5.41 Å². The molecule has 1 rings (SSSR count). The Morgan fingerprint density at radius 1 is 1.44 bits per heavy atom. The van der Waals surface area contributed by atoms with Gasteiger partial charge in [0.15, 0.2) is 0 Å². The zero-order valence-corrected chi connectivity index (χ0v) is 10.9. The highest BCUT2D eigenvalue weighted by Crippen LogP contribution is 2.29. The van der Waals surface area contributed by atoms with E-state index in [2.05, 4.69) is 4.74 Å². The predicted molar refractivity (Wildman–Crippen MR) is 70.8 cm³/mol. The van der Waals surface area contributed by atoms with Gasteiger partial charge in [-0.1, -0.05) is 6.92 Å². The molecule has 1 aromatic carbocycles. The number of methoxy groups -OCH3 is 2. The Balaban J connectivity index is 3.19. The molecule has 0 amide bonds. The summed E-state index contributed by atoms with van der Waals surface area (Å²) in [5, 5.41) is 7.42. The number of benzene rings is 1. The Hall–Kier alpha value is -2.04. The van der Waals surface area contributed by atoms with E-state index in [-0.39, 0.29) is 0 Å². The molecule has 0 atom stereocenters. The summed E-state index contributed by atoms with van der Waals surface area (Å²) < 4.78 is 9.93. The first-order valence-corrected chi connectivity index (χ1v) is 5.71. The minimum absolute atomic E-state index is 0.402. The van der Waals surface area contributed by atoms with Gasteiger partial charge in [-0.15, -0.1) is 0 Å². The SMILES string of the molecule is CCCN(C=N)c1cc(C(=O)OC)ccc1OC. The number of rotatable bonds is 6. The highest BCUT2D eigenvalue weighted by atomic mass is 16.5. The quantitative estimate of drug-likeness (QED) is 0.478. The second-order valence-corrected chi connectivity index (χ2v) is 3.70. The van der Waals surface area contributed by atoms with E-state index in [1.54, 1.807) is 30.2 Å². The van der Waals surface area contributed by atoms with E-state index in [0.717, 1.165) is 6.42 Å². The normalized spacial score (nSPS) is 9.72. The first kappa shape index (κ1) is 14.0. The molecule has 0 saturated heterocycles. The zero-order chi connectivity index (χ0) is 13.5. The van der Waals surface area contributed by atoms with Crippen molar-refractivity contribution in [2.75, 3.05) is 25.7 Å². The average Bonchev–Trinajstić information content (AvgIpc) is 2.43. The van der Waals surface area contributed by atoms with Crippen molar-refractivity contribution < 1.29 is 14.3 Å². The van der Waals surface area contributed by atoms with Crippen LogP contribution in [0.2, 0.25) is 0 Å².